The van der Waals surface area contributed by atoms with Crippen LogP contribution < -0.4 is 10.6 Å². The van der Waals surface area contributed by atoms with Crippen LogP contribution in [0.3, 0.4) is 0 Å². The highest BCUT2D eigenvalue weighted by atomic mass is 15.3. The third kappa shape index (κ3) is 5.69. The molecule has 0 bridgehead atoms. The van der Waals surface area contributed by atoms with Crippen molar-refractivity contribution in [2.24, 2.45) is 22.7 Å². The van der Waals surface area contributed by atoms with Crippen molar-refractivity contribution in [2.75, 3.05) is 0 Å². The zero-order valence-electron chi connectivity index (χ0n) is 29.5. The fourth-order valence-corrected chi connectivity index (χ4v) is 10.0. The van der Waals surface area contributed by atoms with Crippen molar-refractivity contribution in [1.82, 2.24) is 15.6 Å². The maximum absolute atomic E-state index is 5.40. The standard InChI is InChI=1S/C47H48N4/c1-3-13-30(14-4-1)45-49-46(31-15-5-2-6-16-31)51-47(50-45)34-24-26-40(44-29-33-17-7-12-22-43(33)48-44)41(28-34)32-23-25-39-37-20-9-8-18-35(37)36-19-10-11-21-38(36)42(39)27-32/h1,3-5,8-10,12-13,15-16,18-20,22,24,26,28-30,32,35,37,45,47-48,50H,2,6-7,11,14,17,21,23,25,27H2,(H,49,51). The number of rotatable bonds is 5. The molecule has 0 fully saturated rings. The largest absolute Gasteiger partial charge is 0.355 e. The van der Waals surface area contributed by atoms with Crippen LogP contribution in [0.15, 0.2) is 142 Å². The molecule has 7 aliphatic carbocycles. The fraction of sp³-hybridized carbons (Fsp3) is 0.340. The number of hydrogen-bond acceptors (Lipinski definition) is 3. The van der Waals surface area contributed by atoms with Crippen molar-refractivity contribution in [2.45, 2.75) is 82.5 Å². The van der Waals surface area contributed by atoms with Crippen molar-refractivity contribution in [3.63, 3.8) is 0 Å². The van der Waals surface area contributed by atoms with Gasteiger partial charge >= 0.3 is 0 Å². The first-order valence-corrected chi connectivity index (χ1v) is 19.6. The number of benzene rings is 1. The summed E-state index contributed by atoms with van der Waals surface area (Å²) in [5.41, 5.74) is 15.9. The zero-order valence-corrected chi connectivity index (χ0v) is 29.5. The molecule has 1 aromatic carbocycles. The van der Waals surface area contributed by atoms with Crippen LogP contribution in [0.1, 0.15) is 92.3 Å². The van der Waals surface area contributed by atoms with Gasteiger partial charge in [-0.2, -0.15) is 0 Å². The molecule has 0 radical (unpaired) electrons. The number of aliphatic imine (C=N–C) groups is 1. The Morgan fingerprint density at radius 2 is 1.63 bits per heavy atom. The Kier molecular flexibility index (Phi) is 8.01. The summed E-state index contributed by atoms with van der Waals surface area (Å²) in [5.74, 6) is 2.84. The minimum absolute atomic E-state index is 0.102. The molecule has 0 spiro atoms. The summed E-state index contributed by atoms with van der Waals surface area (Å²) in [6, 6.07) is 9.73. The maximum atomic E-state index is 5.40. The number of allylic oxidation sites excluding steroid dienone is 16. The van der Waals surface area contributed by atoms with E-state index in [1.54, 1.807) is 22.3 Å². The lowest BCUT2D eigenvalue weighted by atomic mass is 9.62. The zero-order chi connectivity index (χ0) is 33.7. The van der Waals surface area contributed by atoms with Crippen LogP contribution in [0, 0.1) is 17.8 Å². The van der Waals surface area contributed by atoms with Crippen LogP contribution in [-0.4, -0.2) is 17.0 Å². The van der Waals surface area contributed by atoms with Crippen molar-refractivity contribution >= 4 is 11.9 Å². The van der Waals surface area contributed by atoms with E-state index in [1.807, 2.05) is 0 Å². The first-order valence-electron chi connectivity index (χ1n) is 19.6. The van der Waals surface area contributed by atoms with E-state index in [2.05, 4.69) is 131 Å². The fourth-order valence-electron chi connectivity index (χ4n) is 10.0. The van der Waals surface area contributed by atoms with E-state index in [0.717, 1.165) is 50.8 Å². The Balaban J connectivity index is 1.06. The van der Waals surface area contributed by atoms with Gasteiger partial charge in [0, 0.05) is 40.3 Å². The summed E-state index contributed by atoms with van der Waals surface area (Å²) in [5, 5.41) is 7.77. The number of H-pyrrole nitrogens is 1. The number of nitrogens with zero attached hydrogens (tertiary/aromatic N) is 1. The average Bonchev–Trinajstić information content (AvgIpc) is 3.65. The number of aromatic amines is 1. The van der Waals surface area contributed by atoms with Crippen LogP contribution in [0.25, 0.3) is 17.3 Å². The minimum atomic E-state index is -0.125. The van der Waals surface area contributed by atoms with Gasteiger partial charge in [-0.25, -0.2) is 4.99 Å². The monoisotopic (exact) mass is 668 g/mol. The van der Waals surface area contributed by atoms with Crippen molar-refractivity contribution in [3.05, 3.63) is 160 Å². The highest BCUT2D eigenvalue weighted by Gasteiger charge is 2.39. The lowest BCUT2D eigenvalue weighted by Gasteiger charge is -2.42. The van der Waals surface area contributed by atoms with Gasteiger partial charge in [0.25, 0.3) is 0 Å². The number of amidine groups is 1. The Labute approximate surface area is 302 Å². The van der Waals surface area contributed by atoms with Gasteiger partial charge in [0.2, 0.25) is 0 Å². The molecule has 10 rings (SSSR count). The normalized spacial score (nSPS) is 30.4. The van der Waals surface area contributed by atoms with Gasteiger partial charge in [0.05, 0.1) is 6.17 Å². The number of nitrogens with one attached hydrogen (secondary N) is 3. The summed E-state index contributed by atoms with van der Waals surface area (Å²) < 4.78 is 0. The van der Waals surface area contributed by atoms with E-state index in [0.29, 0.717) is 23.7 Å². The number of fused-ring (bicyclic) bond motifs is 5. The second-order valence-electron chi connectivity index (χ2n) is 15.6. The van der Waals surface area contributed by atoms with E-state index < -0.39 is 0 Å². The van der Waals surface area contributed by atoms with Gasteiger partial charge in [-0.3, -0.25) is 5.32 Å². The molecule has 8 aliphatic rings. The molecule has 3 N–H and O–H groups in total. The van der Waals surface area contributed by atoms with Crippen molar-refractivity contribution < 1.29 is 0 Å². The summed E-state index contributed by atoms with van der Waals surface area (Å²) in [6.07, 6.45) is 46.0. The van der Waals surface area contributed by atoms with Gasteiger partial charge in [-0.05, 0) is 116 Å². The topological polar surface area (TPSA) is 52.2 Å². The molecule has 1 aliphatic heterocycles. The maximum Gasteiger partial charge on any atom is 0.131 e. The second kappa shape index (κ2) is 13.1. The highest BCUT2D eigenvalue weighted by molar-refractivity contribution is 6.01. The highest BCUT2D eigenvalue weighted by Crippen LogP contribution is 2.53. The van der Waals surface area contributed by atoms with Gasteiger partial charge in [-0.15, -0.1) is 0 Å². The molecule has 4 nitrogen and oxygen atoms in total. The van der Waals surface area contributed by atoms with Crippen LogP contribution in [0.5, 0.6) is 0 Å². The molecule has 256 valence electrons. The molecule has 51 heavy (non-hydrogen) atoms. The quantitative estimate of drug-likeness (QED) is 0.297. The molecule has 0 amide bonds. The molecular formula is C47H48N4. The third-order valence-corrected chi connectivity index (χ3v) is 12.6. The molecule has 4 heteroatoms. The van der Waals surface area contributed by atoms with E-state index in [9.17, 15) is 0 Å². The molecule has 6 unspecified atom stereocenters. The molecule has 0 saturated heterocycles. The molecular weight excluding hydrogens is 621 g/mol. The van der Waals surface area contributed by atoms with Crippen LogP contribution >= 0.6 is 0 Å². The SMILES string of the molecule is C1=CCC(C2NC(C3=CCCC=C3)=NC(c3ccc(-c4cc5c([nH]4)C=CCC5)c(C4CCC5=C(C4)C4=C(C=CCC4)C4C=CC=CC54)c3)N2)C=C1. The Bertz CT molecular complexity index is 2100. The molecule has 0 saturated carbocycles. The summed E-state index contributed by atoms with van der Waals surface area (Å²) in [4.78, 5) is 9.26. The number of aryl methyl sites for hydroxylation is 1. The second-order valence-corrected chi connectivity index (χ2v) is 15.6. The molecule has 6 atom stereocenters. The third-order valence-electron chi connectivity index (χ3n) is 12.6. The summed E-state index contributed by atoms with van der Waals surface area (Å²) in [6.45, 7) is 0. The summed E-state index contributed by atoms with van der Waals surface area (Å²) >= 11 is 0. The van der Waals surface area contributed by atoms with E-state index in [-0.39, 0.29) is 12.3 Å². The predicted octanol–water partition coefficient (Wildman–Crippen LogP) is 10.5. The Hall–Kier alpha value is -4.67. The smallest absolute Gasteiger partial charge is 0.131 e. The predicted molar refractivity (Wildman–Crippen MR) is 211 cm³/mol. The van der Waals surface area contributed by atoms with Crippen LogP contribution in [-0.2, 0) is 6.42 Å². The van der Waals surface area contributed by atoms with Gasteiger partial charge in [0.15, 0.2) is 0 Å². The first kappa shape index (κ1) is 31.1. The van der Waals surface area contributed by atoms with E-state index in [4.69, 9.17) is 4.99 Å². The minimum Gasteiger partial charge on any atom is -0.355 e. The van der Waals surface area contributed by atoms with Gasteiger partial charge < -0.3 is 10.3 Å². The molecule has 1 aromatic heterocycles. The lowest BCUT2D eigenvalue weighted by molar-refractivity contribution is 0.328. The lowest BCUT2D eigenvalue weighted by Crippen LogP contribution is -2.54. The first-order chi connectivity index (χ1) is 25.3. The Morgan fingerprint density at radius 1 is 0.745 bits per heavy atom. The summed E-state index contributed by atoms with van der Waals surface area (Å²) in [7, 11) is 0. The molecule has 2 aromatic rings. The van der Waals surface area contributed by atoms with Crippen LogP contribution in [0.4, 0.5) is 0 Å². The van der Waals surface area contributed by atoms with Crippen molar-refractivity contribution in [3.8, 4) is 11.3 Å². The average molecular weight is 669 g/mol. The number of aromatic nitrogens is 1. The number of hydrogen-bond donors (Lipinski definition) is 3. The Morgan fingerprint density at radius 3 is 2.51 bits per heavy atom. The van der Waals surface area contributed by atoms with Gasteiger partial charge in [0.1, 0.15) is 12.0 Å². The van der Waals surface area contributed by atoms with E-state index >= 15 is 0 Å². The van der Waals surface area contributed by atoms with Gasteiger partial charge in [-0.1, -0.05) is 109 Å². The van der Waals surface area contributed by atoms with Crippen molar-refractivity contribution in [1.29, 1.82) is 0 Å². The van der Waals surface area contributed by atoms with Crippen LogP contribution in [0.2, 0.25) is 0 Å². The van der Waals surface area contributed by atoms with E-state index in [1.165, 1.54) is 58.5 Å². The molecule has 2 heterocycles.